The molecule has 5 nitrogen and oxygen atoms in total. The number of hydrogen-bond acceptors (Lipinski definition) is 5. The largest absolute Gasteiger partial charge is 0.404 e. The molecule has 0 radical (unpaired) electrons. The SMILES string of the molecule is Cc1ccc(S(=O)(=O)OCC23CCC(CO[Si](c4ccccc4)(c4ccccc4)C(C)(C)C)(CC2)OC3)cc1. The van der Waals surface area contributed by atoms with Crippen molar-refractivity contribution in [2.45, 2.75) is 68.9 Å². The van der Waals surface area contributed by atoms with Gasteiger partial charge in [0.25, 0.3) is 18.4 Å². The van der Waals surface area contributed by atoms with Gasteiger partial charge >= 0.3 is 0 Å². The van der Waals surface area contributed by atoms with Gasteiger partial charge in [-0.1, -0.05) is 99.1 Å². The van der Waals surface area contributed by atoms with Gasteiger partial charge in [-0.3, -0.25) is 4.18 Å². The summed E-state index contributed by atoms with van der Waals surface area (Å²) in [6.07, 6.45) is 3.39. The van der Waals surface area contributed by atoms with Crippen molar-refractivity contribution in [1.82, 2.24) is 0 Å². The second-order valence-electron chi connectivity index (χ2n) is 12.5. The van der Waals surface area contributed by atoms with E-state index in [-0.39, 0.29) is 27.6 Å². The van der Waals surface area contributed by atoms with Gasteiger partial charge in [0.1, 0.15) is 0 Å². The molecule has 0 N–H and O–H groups in total. The fourth-order valence-corrected chi connectivity index (χ4v) is 11.8. The molecule has 39 heavy (non-hydrogen) atoms. The molecule has 0 aromatic heterocycles. The minimum atomic E-state index is -3.80. The molecule has 2 bridgehead atoms. The van der Waals surface area contributed by atoms with E-state index < -0.39 is 18.4 Å². The number of benzene rings is 3. The van der Waals surface area contributed by atoms with Crippen LogP contribution in [0.3, 0.4) is 0 Å². The lowest BCUT2D eigenvalue weighted by atomic mass is 9.67. The standard InChI is InChI=1S/C32H40O5SSi/c1-26-15-17-27(18-16-26)38(33,34)36-24-31-19-21-32(22-20-31,35-23-31)25-37-39(30(2,3)4,28-11-7-5-8-12-28)29-13-9-6-10-14-29/h5-18H,19-25H2,1-4H3. The van der Waals surface area contributed by atoms with Gasteiger partial charge in [0.2, 0.25) is 0 Å². The van der Waals surface area contributed by atoms with E-state index in [2.05, 4.69) is 81.4 Å². The Kier molecular flexibility index (Phi) is 7.67. The summed E-state index contributed by atoms with van der Waals surface area (Å²) in [7, 11) is -6.47. The maximum absolute atomic E-state index is 12.8. The topological polar surface area (TPSA) is 61.8 Å². The molecule has 208 valence electrons. The zero-order chi connectivity index (χ0) is 27.8. The molecule has 7 heteroatoms. The van der Waals surface area contributed by atoms with Crippen molar-refractivity contribution in [2.24, 2.45) is 5.41 Å². The van der Waals surface area contributed by atoms with Crippen molar-refractivity contribution >= 4 is 28.8 Å². The van der Waals surface area contributed by atoms with Gasteiger partial charge < -0.3 is 9.16 Å². The maximum Gasteiger partial charge on any atom is 0.296 e. The van der Waals surface area contributed by atoms with Gasteiger partial charge in [0.05, 0.1) is 30.3 Å². The van der Waals surface area contributed by atoms with Crippen LogP contribution >= 0.6 is 0 Å². The number of rotatable bonds is 9. The quantitative estimate of drug-likeness (QED) is 0.250. The highest BCUT2D eigenvalue weighted by Crippen LogP contribution is 2.50. The molecule has 1 saturated carbocycles. The molecule has 2 saturated heterocycles. The first-order chi connectivity index (χ1) is 18.5. The van der Waals surface area contributed by atoms with Crippen LogP contribution in [0.25, 0.3) is 0 Å². The lowest BCUT2D eigenvalue weighted by Gasteiger charge is -2.54. The van der Waals surface area contributed by atoms with E-state index in [0.717, 1.165) is 31.2 Å². The number of aryl methyl sites for hydroxylation is 1. The van der Waals surface area contributed by atoms with Gasteiger partial charge in [-0.05, 0) is 60.2 Å². The zero-order valence-corrected chi connectivity index (χ0v) is 25.3. The second kappa shape index (κ2) is 10.6. The molecule has 0 spiro atoms. The summed E-state index contributed by atoms with van der Waals surface area (Å²) in [6.45, 7) is 9.96. The van der Waals surface area contributed by atoms with Gasteiger partial charge in [0, 0.05) is 5.41 Å². The highest BCUT2D eigenvalue weighted by Gasteiger charge is 2.55. The van der Waals surface area contributed by atoms with Crippen molar-refractivity contribution < 1.29 is 21.8 Å². The Labute approximate surface area is 234 Å². The smallest absolute Gasteiger partial charge is 0.296 e. The molecule has 0 atom stereocenters. The number of ether oxygens (including phenoxy) is 1. The van der Waals surface area contributed by atoms with E-state index in [1.807, 2.05) is 6.92 Å². The van der Waals surface area contributed by atoms with E-state index in [4.69, 9.17) is 13.3 Å². The minimum absolute atomic E-state index is 0.0996. The van der Waals surface area contributed by atoms with E-state index in [1.54, 1.807) is 24.3 Å². The molecule has 3 aromatic rings. The second-order valence-corrected chi connectivity index (χ2v) is 18.4. The Hall–Kier alpha value is -2.29. The average Bonchev–Trinajstić information content (AvgIpc) is 2.94. The van der Waals surface area contributed by atoms with Crippen molar-refractivity contribution in [3.05, 3.63) is 90.5 Å². The summed E-state index contributed by atoms with van der Waals surface area (Å²) in [5.41, 5.74) is 0.374. The Morgan fingerprint density at radius 3 is 1.79 bits per heavy atom. The lowest BCUT2D eigenvalue weighted by molar-refractivity contribution is -0.203. The van der Waals surface area contributed by atoms with Crippen LogP contribution < -0.4 is 10.4 Å². The van der Waals surface area contributed by atoms with Crippen LogP contribution in [0.4, 0.5) is 0 Å². The number of hydrogen-bond donors (Lipinski definition) is 0. The highest BCUT2D eigenvalue weighted by molar-refractivity contribution is 7.86. The normalized spacial score (nSPS) is 23.6. The molecule has 6 rings (SSSR count). The van der Waals surface area contributed by atoms with E-state index >= 15 is 0 Å². The first-order valence-electron chi connectivity index (χ1n) is 13.8. The Balaban J connectivity index is 1.32. The van der Waals surface area contributed by atoms with Crippen molar-refractivity contribution in [1.29, 1.82) is 0 Å². The third-order valence-electron chi connectivity index (χ3n) is 8.70. The molecule has 2 heterocycles. The van der Waals surface area contributed by atoms with Gasteiger partial charge in [0.15, 0.2) is 0 Å². The van der Waals surface area contributed by atoms with Crippen LogP contribution in [0.5, 0.6) is 0 Å². The zero-order valence-electron chi connectivity index (χ0n) is 23.5. The van der Waals surface area contributed by atoms with Crippen LogP contribution in [0, 0.1) is 12.3 Å². The minimum Gasteiger partial charge on any atom is -0.404 e. The monoisotopic (exact) mass is 564 g/mol. The molecule has 2 aliphatic heterocycles. The first-order valence-corrected chi connectivity index (χ1v) is 17.2. The van der Waals surface area contributed by atoms with Crippen LogP contribution in [0.1, 0.15) is 52.0 Å². The maximum atomic E-state index is 12.8. The first kappa shape index (κ1) is 28.2. The molecule has 3 aliphatic rings. The Bertz CT molecular complexity index is 1300. The molecule has 0 unspecified atom stereocenters. The molecule has 0 amide bonds. The summed E-state index contributed by atoms with van der Waals surface area (Å²) in [5.74, 6) is 0. The third-order valence-corrected chi connectivity index (χ3v) is 15.0. The molecular formula is C32H40O5SSi. The summed E-state index contributed by atoms with van der Waals surface area (Å²) < 4.78 is 45.0. The van der Waals surface area contributed by atoms with Crippen LogP contribution in [-0.4, -0.2) is 42.2 Å². The summed E-state index contributed by atoms with van der Waals surface area (Å²) in [4.78, 5) is 0.199. The van der Waals surface area contributed by atoms with Crippen molar-refractivity contribution in [3.8, 4) is 0 Å². The van der Waals surface area contributed by atoms with Crippen molar-refractivity contribution in [3.63, 3.8) is 0 Å². The Morgan fingerprint density at radius 1 is 0.795 bits per heavy atom. The Morgan fingerprint density at radius 2 is 1.33 bits per heavy atom. The predicted octanol–water partition coefficient (Wildman–Crippen LogP) is 5.61. The van der Waals surface area contributed by atoms with Crippen LogP contribution in [0.2, 0.25) is 5.04 Å². The van der Waals surface area contributed by atoms with Crippen LogP contribution in [0.15, 0.2) is 89.8 Å². The van der Waals surface area contributed by atoms with E-state index in [1.165, 1.54) is 10.4 Å². The number of fused-ring (bicyclic) bond motifs is 3. The summed E-state index contributed by atoms with van der Waals surface area (Å²) >= 11 is 0. The van der Waals surface area contributed by atoms with Crippen LogP contribution in [-0.2, 0) is 23.5 Å². The van der Waals surface area contributed by atoms with Gasteiger partial charge in [-0.2, -0.15) is 8.42 Å². The molecule has 3 fully saturated rings. The predicted molar refractivity (Wildman–Crippen MR) is 157 cm³/mol. The fraction of sp³-hybridized carbons (Fsp3) is 0.438. The summed E-state index contributed by atoms with van der Waals surface area (Å²) in [6, 6.07) is 28.1. The van der Waals surface area contributed by atoms with Gasteiger partial charge in [-0.25, -0.2) is 0 Å². The summed E-state index contributed by atoms with van der Waals surface area (Å²) in [5, 5.41) is 2.42. The van der Waals surface area contributed by atoms with E-state index in [9.17, 15) is 8.42 Å². The van der Waals surface area contributed by atoms with Gasteiger partial charge in [-0.15, -0.1) is 0 Å². The molecular weight excluding hydrogens is 525 g/mol. The third kappa shape index (κ3) is 5.52. The van der Waals surface area contributed by atoms with E-state index in [0.29, 0.717) is 13.2 Å². The highest BCUT2D eigenvalue weighted by atomic mass is 32.2. The molecule has 1 aliphatic carbocycles. The fourth-order valence-electron chi connectivity index (χ4n) is 6.18. The molecule has 3 aromatic carbocycles. The lowest BCUT2D eigenvalue weighted by Crippen LogP contribution is -2.68. The van der Waals surface area contributed by atoms with Crippen molar-refractivity contribution in [2.75, 3.05) is 19.8 Å². The average molecular weight is 565 g/mol.